The average molecular weight is 242 g/mol. The van der Waals surface area contributed by atoms with Crippen molar-refractivity contribution in [3.8, 4) is 0 Å². The molecule has 86 valence electrons. The minimum Gasteiger partial charge on any atom is -0.215 e. The molecule has 0 heterocycles. The van der Waals surface area contributed by atoms with Crippen molar-refractivity contribution in [3.05, 3.63) is 0 Å². The molecule has 0 aliphatic rings. The van der Waals surface area contributed by atoms with E-state index in [0.717, 1.165) is 6.42 Å². The molecule has 0 aliphatic carbocycles. The molecule has 1 unspecified atom stereocenters. The number of alkyl halides is 1. The van der Waals surface area contributed by atoms with Gasteiger partial charge in [-0.2, -0.15) is 0 Å². The normalized spacial score (nSPS) is 14.6. The van der Waals surface area contributed by atoms with Crippen molar-refractivity contribution < 1.29 is 8.42 Å². The lowest BCUT2D eigenvalue weighted by molar-refractivity contribution is 0.524. The Labute approximate surface area is 92.3 Å². The smallest absolute Gasteiger partial charge is 0.211 e. The molecular formula is C9H20ClNO2S. The molecule has 1 N–H and O–H groups in total. The fourth-order valence-electron chi connectivity index (χ4n) is 1.06. The minimum absolute atomic E-state index is 0.163. The van der Waals surface area contributed by atoms with E-state index in [1.807, 2.05) is 20.8 Å². The Morgan fingerprint density at radius 2 is 1.86 bits per heavy atom. The summed E-state index contributed by atoms with van der Waals surface area (Å²) in [5, 5.41) is 0. The second kappa shape index (κ2) is 6.64. The van der Waals surface area contributed by atoms with E-state index < -0.39 is 10.0 Å². The molecule has 0 rings (SSSR count). The van der Waals surface area contributed by atoms with Crippen LogP contribution in [0.25, 0.3) is 0 Å². The second-order valence-electron chi connectivity index (χ2n) is 4.11. The first-order chi connectivity index (χ1) is 6.37. The van der Waals surface area contributed by atoms with Crippen LogP contribution in [0.5, 0.6) is 0 Å². The fraction of sp³-hybridized carbons (Fsp3) is 1.00. The van der Waals surface area contributed by atoms with Gasteiger partial charge < -0.3 is 0 Å². The van der Waals surface area contributed by atoms with E-state index >= 15 is 0 Å². The maximum absolute atomic E-state index is 11.4. The highest BCUT2D eigenvalue weighted by molar-refractivity contribution is 7.89. The third-order valence-corrected chi connectivity index (χ3v) is 3.74. The third-order valence-electron chi connectivity index (χ3n) is 1.81. The highest BCUT2D eigenvalue weighted by Crippen LogP contribution is 2.03. The van der Waals surface area contributed by atoms with Crippen LogP contribution in [0.1, 0.15) is 27.2 Å². The molecular weight excluding hydrogens is 222 g/mol. The van der Waals surface area contributed by atoms with Gasteiger partial charge in [0.2, 0.25) is 10.0 Å². The van der Waals surface area contributed by atoms with Crippen molar-refractivity contribution >= 4 is 21.6 Å². The van der Waals surface area contributed by atoms with Crippen molar-refractivity contribution in [3.63, 3.8) is 0 Å². The van der Waals surface area contributed by atoms with Crippen molar-refractivity contribution in [1.82, 2.24) is 4.72 Å². The first-order valence-corrected chi connectivity index (χ1v) is 7.09. The second-order valence-corrected chi connectivity index (χ2v) is 6.34. The highest BCUT2D eigenvalue weighted by atomic mass is 35.5. The van der Waals surface area contributed by atoms with E-state index in [1.165, 1.54) is 0 Å². The zero-order valence-electron chi connectivity index (χ0n) is 9.09. The maximum Gasteiger partial charge on any atom is 0.211 e. The first kappa shape index (κ1) is 14.2. The molecule has 0 radical (unpaired) electrons. The molecule has 0 amide bonds. The van der Waals surface area contributed by atoms with E-state index in [2.05, 4.69) is 4.72 Å². The molecule has 0 fully saturated rings. The topological polar surface area (TPSA) is 46.2 Å². The third kappa shape index (κ3) is 7.59. The molecule has 0 aromatic carbocycles. The lowest BCUT2D eigenvalue weighted by Crippen LogP contribution is -2.32. The van der Waals surface area contributed by atoms with Gasteiger partial charge in [0.1, 0.15) is 0 Å². The van der Waals surface area contributed by atoms with Crippen LogP contribution in [0.3, 0.4) is 0 Å². The standard InChI is InChI=1S/C9H20ClNO2S/c1-8(2)7-14(12,13)11-6-9(3)4-5-10/h8-9,11H,4-7H2,1-3H3. The van der Waals surface area contributed by atoms with E-state index in [4.69, 9.17) is 11.6 Å². The van der Waals surface area contributed by atoms with Crippen molar-refractivity contribution in [1.29, 1.82) is 0 Å². The van der Waals surface area contributed by atoms with Crippen LogP contribution < -0.4 is 4.72 Å². The molecule has 0 aliphatic heterocycles. The Morgan fingerprint density at radius 3 is 2.29 bits per heavy atom. The predicted molar refractivity (Wildman–Crippen MR) is 61.1 cm³/mol. The van der Waals surface area contributed by atoms with Gasteiger partial charge in [0, 0.05) is 12.4 Å². The lowest BCUT2D eigenvalue weighted by atomic mass is 10.1. The van der Waals surface area contributed by atoms with Crippen LogP contribution in [0.4, 0.5) is 0 Å². The van der Waals surface area contributed by atoms with E-state index in [9.17, 15) is 8.42 Å². The fourth-order valence-corrected chi connectivity index (χ4v) is 2.96. The molecule has 0 spiro atoms. The van der Waals surface area contributed by atoms with Crippen LogP contribution in [0.2, 0.25) is 0 Å². The number of rotatable bonds is 7. The van der Waals surface area contributed by atoms with Crippen molar-refractivity contribution in [2.75, 3.05) is 18.2 Å². The molecule has 5 heteroatoms. The molecule has 0 aromatic heterocycles. The Balaban J connectivity index is 3.87. The number of hydrogen-bond acceptors (Lipinski definition) is 2. The minimum atomic E-state index is -3.09. The van der Waals surface area contributed by atoms with Gasteiger partial charge in [0.05, 0.1) is 5.75 Å². The van der Waals surface area contributed by atoms with Gasteiger partial charge in [0.15, 0.2) is 0 Å². The summed E-state index contributed by atoms with van der Waals surface area (Å²) in [5.74, 6) is 1.23. The van der Waals surface area contributed by atoms with Crippen LogP contribution in [0.15, 0.2) is 0 Å². The van der Waals surface area contributed by atoms with E-state index in [0.29, 0.717) is 18.3 Å². The highest BCUT2D eigenvalue weighted by Gasteiger charge is 2.13. The Kier molecular flexibility index (Phi) is 6.74. The van der Waals surface area contributed by atoms with Crippen molar-refractivity contribution in [2.45, 2.75) is 27.2 Å². The van der Waals surface area contributed by atoms with E-state index in [-0.39, 0.29) is 11.7 Å². The summed E-state index contributed by atoms with van der Waals surface area (Å²) in [7, 11) is -3.09. The summed E-state index contributed by atoms with van der Waals surface area (Å²) in [6.45, 7) is 6.25. The summed E-state index contributed by atoms with van der Waals surface area (Å²) in [6.07, 6.45) is 0.839. The summed E-state index contributed by atoms with van der Waals surface area (Å²) in [4.78, 5) is 0. The molecule has 14 heavy (non-hydrogen) atoms. The van der Waals surface area contributed by atoms with Gasteiger partial charge in [-0.05, 0) is 18.3 Å². The predicted octanol–water partition coefficient (Wildman–Crippen LogP) is 1.83. The Hall–Kier alpha value is 0.200. The van der Waals surface area contributed by atoms with E-state index in [1.54, 1.807) is 0 Å². The van der Waals surface area contributed by atoms with Gasteiger partial charge in [0.25, 0.3) is 0 Å². The summed E-state index contributed by atoms with van der Waals surface area (Å²) in [6, 6.07) is 0. The summed E-state index contributed by atoms with van der Waals surface area (Å²) in [5.41, 5.74) is 0. The monoisotopic (exact) mass is 241 g/mol. The van der Waals surface area contributed by atoms with Gasteiger partial charge in [-0.1, -0.05) is 20.8 Å². The van der Waals surface area contributed by atoms with Crippen molar-refractivity contribution in [2.24, 2.45) is 11.8 Å². The summed E-state index contributed by atoms with van der Waals surface area (Å²) >= 11 is 5.55. The van der Waals surface area contributed by atoms with Crippen LogP contribution in [0, 0.1) is 11.8 Å². The number of sulfonamides is 1. The average Bonchev–Trinajstić information content (AvgIpc) is 1.99. The number of halogens is 1. The van der Waals surface area contributed by atoms with Gasteiger partial charge in [-0.15, -0.1) is 11.6 Å². The summed E-state index contributed by atoms with van der Waals surface area (Å²) < 4.78 is 25.4. The molecule has 0 bridgehead atoms. The van der Waals surface area contributed by atoms with Crippen LogP contribution >= 0.6 is 11.6 Å². The van der Waals surface area contributed by atoms with Crippen LogP contribution in [-0.2, 0) is 10.0 Å². The molecule has 1 atom stereocenters. The lowest BCUT2D eigenvalue weighted by Gasteiger charge is -2.12. The van der Waals surface area contributed by atoms with Gasteiger partial charge >= 0.3 is 0 Å². The number of nitrogens with one attached hydrogen (secondary N) is 1. The zero-order valence-corrected chi connectivity index (χ0v) is 10.7. The van der Waals surface area contributed by atoms with Gasteiger partial charge in [-0.25, -0.2) is 13.1 Å². The quantitative estimate of drug-likeness (QED) is 0.692. The SMILES string of the molecule is CC(C)CS(=O)(=O)NCC(C)CCCl. The molecule has 0 aromatic rings. The molecule has 3 nitrogen and oxygen atoms in total. The first-order valence-electron chi connectivity index (χ1n) is 4.90. The largest absolute Gasteiger partial charge is 0.215 e. The van der Waals surface area contributed by atoms with Crippen LogP contribution in [-0.4, -0.2) is 26.6 Å². The zero-order chi connectivity index (χ0) is 11.2. The number of hydrogen-bond donors (Lipinski definition) is 1. The Bertz CT molecular complexity index is 239. The maximum atomic E-state index is 11.4. The Morgan fingerprint density at radius 1 is 1.29 bits per heavy atom. The molecule has 0 saturated carbocycles. The van der Waals surface area contributed by atoms with Gasteiger partial charge in [-0.3, -0.25) is 0 Å². The molecule has 0 saturated heterocycles.